The highest BCUT2D eigenvalue weighted by atomic mass is 16.6. The Balaban J connectivity index is 1.94. The van der Waals surface area contributed by atoms with E-state index in [9.17, 15) is 34.2 Å². The summed E-state index contributed by atoms with van der Waals surface area (Å²) in [6.07, 6.45) is 2.31. The topological polar surface area (TPSA) is 239 Å². The van der Waals surface area contributed by atoms with Gasteiger partial charge in [0.15, 0.2) is 11.6 Å². The number of ether oxygens (including phenoxy) is 1. The maximum atomic E-state index is 14.3. The van der Waals surface area contributed by atoms with E-state index in [-0.39, 0.29) is 42.2 Å². The predicted octanol–water partition coefficient (Wildman–Crippen LogP) is 3.93. The summed E-state index contributed by atoms with van der Waals surface area (Å²) in [4.78, 5) is 79.9. The molecule has 15 nitrogen and oxygen atoms in total. The van der Waals surface area contributed by atoms with Gasteiger partial charge >= 0.3 is 6.09 Å². The number of aromatic nitrogens is 3. The van der Waals surface area contributed by atoms with Crippen molar-refractivity contribution in [3.05, 3.63) is 83.7 Å². The third kappa shape index (κ3) is 13.8. The summed E-state index contributed by atoms with van der Waals surface area (Å²) in [6.45, 7) is 16.0. The monoisotopic (exact) mass is 805 g/mol. The van der Waals surface area contributed by atoms with Crippen LogP contribution in [-0.2, 0) is 27.2 Å². The lowest BCUT2D eigenvalue weighted by molar-refractivity contribution is -0.131. The molecule has 0 spiro atoms. The maximum absolute atomic E-state index is 14.3. The van der Waals surface area contributed by atoms with Gasteiger partial charge in [-0.1, -0.05) is 78.3 Å². The van der Waals surface area contributed by atoms with Gasteiger partial charge in [0.2, 0.25) is 11.8 Å². The van der Waals surface area contributed by atoms with Crippen LogP contribution in [0.2, 0.25) is 0 Å². The number of pyridine rings is 1. The number of imidazole rings is 1. The van der Waals surface area contributed by atoms with E-state index < -0.39 is 83.3 Å². The minimum absolute atomic E-state index is 0.0283. The Bertz CT molecular complexity index is 1800. The number of nitrogens with one attached hydrogen (secondary N) is 4. The number of nitrogens with zero attached hydrogens (tertiary/aromatic N) is 2. The third-order valence-corrected chi connectivity index (χ3v) is 10.0. The molecule has 3 amide bonds. The zero-order chi connectivity index (χ0) is 43.3. The number of benzene rings is 1. The van der Waals surface area contributed by atoms with Gasteiger partial charge in [-0.3, -0.25) is 24.2 Å². The highest BCUT2D eigenvalue weighted by Crippen LogP contribution is 2.28. The second kappa shape index (κ2) is 21.7. The molecule has 8 atom stereocenters. The zero-order valence-electron chi connectivity index (χ0n) is 35.2. The number of carbonyl (C=O) groups is 5. The van der Waals surface area contributed by atoms with E-state index in [1.54, 1.807) is 58.9 Å². The lowest BCUT2D eigenvalue weighted by atomic mass is 9.78. The van der Waals surface area contributed by atoms with Crippen molar-refractivity contribution in [2.24, 2.45) is 29.4 Å². The number of carbonyl (C=O) groups excluding carboxylic acids is 5. The largest absolute Gasteiger partial charge is 0.444 e. The van der Waals surface area contributed by atoms with Crippen LogP contribution >= 0.6 is 0 Å². The summed E-state index contributed by atoms with van der Waals surface area (Å²) in [5.74, 6) is -4.37. The van der Waals surface area contributed by atoms with Crippen molar-refractivity contribution in [3.8, 4) is 0 Å². The Morgan fingerprint density at radius 1 is 0.810 bits per heavy atom. The van der Waals surface area contributed by atoms with Crippen molar-refractivity contribution in [3.63, 3.8) is 0 Å². The number of amides is 3. The molecule has 1 aromatic carbocycles. The molecule has 0 saturated heterocycles. The summed E-state index contributed by atoms with van der Waals surface area (Å²) in [6, 6.07) is 6.10. The van der Waals surface area contributed by atoms with Crippen molar-refractivity contribution in [1.82, 2.24) is 30.9 Å². The van der Waals surface area contributed by atoms with Gasteiger partial charge in [-0.15, -0.1) is 0 Å². The van der Waals surface area contributed by atoms with Crippen LogP contribution < -0.4 is 21.7 Å². The van der Waals surface area contributed by atoms with Crippen LogP contribution in [0.1, 0.15) is 107 Å². The molecule has 0 aliphatic heterocycles. The van der Waals surface area contributed by atoms with Crippen molar-refractivity contribution in [2.45, 2.75) is 130 Å². The lowest BCUT2D eigenvalue weighted by Crippen LogP contribution is -2.59. The van der Waals surface area contributed by atoms with Crippen molar-refractivity contribution in [2.75, 3.05) is 0 Å². The number of aliphatic hydroxyl groups is 2. The van der Waals surface area contributed by atoms with E-state index in [4.69, 9.17) is 10.5 Å². The second-order valence-electron chi connectivity index (χ2n) is 16.8. The number of hydrogen-bond donors (Lipinski definition) is 7. The molecular formula is C43H63N7O8. The molecule has 3 aromatic rings. The molecule has 0 aliphatic rings. The van der Waals surface area contributed by atoms with Gasteiger partial charge in [0.05, 0.1) is 30.4 Å². The first-order chi connectivity index (χ1) is 27.2. The van der Waals surface area contributed by atoms with Crippen LogP contribution in [0, 0.1) is 23.7 Å². The molecule has 2 heterocycles. The van der Waals surface area contributed by atoms with Crippen molar-refractivity contribution >= 4 is 29.5 Å². The van der Waals surface area contributed by atoms with Crippen LogP contribution in [-0.4, -0.2) is 96.6 Å². The van der Waals surface area contributed by atoms with Gasteiger partial charge in [-0.2, -0.15) is 0 Å². The number of nitrogens with two attached hydrogens (primary N) is 1. The summed E-state index contributed by atoms with van der Waals surface area (Å²) in [7, 11) is 0. The normalized spacial score (nSPS) is 16.0. The van der Waals surface area contributed by atoms with Gasteiger partial charge in [0.25, 0.3) is 0 Å². The van der Waals surface area contributed by atoms with Crippen LogP contribution in [0.15, 0.2) is 61.3 Å². The molecule has 15 heteroatoms. The Morgan fingerprint density at radius 2 is 1.45 bits per heavy atom. The van der Waals surface area contributed by atoms with Crippen LogP contribution in [0.25, 0.3) is 0 Å². The number of Topliss-reactive ketones (excluding diaryl/α,β-unsaturated/α-hetero) is 2. The van der Waals surface area contributed by atoms with Crippen molar-refractivity contribution in [1.29, 1.82) is 0 Å². The van der Waals surface area contributed by atoms with E-state index in [0.717, 1.165) is 5.56 Å². The van der Waals surface area contributed by atoms with Crippen LogP contribution in [0.4, 0.5) is 4.79 Å². The summed E-state index contributed by atoms with van der Waals surface area (Å²) in [5.41, 5.74) is 6.75. The molecule has 0 saturated carbocycles. The number of aromatic amines is 1. The van der Waals surface area contributed by atoms with Gasteiger partial charge in [0.1, 0.15) is 23.8 Å². The third-order valence-electron chi connectivity index (χ3n) is 10.0. The maximum Gasteiger partial charge on any atom is 0.408 e. The summed E-state index contributed by atoms with van der Waals surface area (Å²) in [5, 5.41) is 31.9. The fraction of sp³-hybridized carbons (Fsp3) is 0.558. The molecule has 318 valence electrons. The number of H-pyrrole nitrogens is 1. The first-order valence-electron chi connectivity index (χ1n) is 20.0. The Kier molecular flexibility index (Phi) is 17.7. The minimum Gasteiger partial charge on any atom is -0.444 e. The van der Waals surface area contributed by atoms with Crippen molar-refractivity contribution < 1.29 is 38.9 Å². The van der Waals surface area contributed by atoms with Gasteiger partial charge in [-0.25, -0.2) is 9.78 Å². The van der Waals surface area contributed by atoms with E-state index >= 15 is 0 Å². The predicted molar refractivity (Wildman–Crippen MR) is 220 cm³/mol. The Morgan fingerprint density at radius 3 is 2.02 bits per heavy atom. The standard InChI is InChI=1S/C43H63N7O8/c1-10-26(6)35(44)37(52)30-22-45-17-16-29(30)36(51)34(25(4)5)39(54)38(53)31(18-24(2)3)48-41(56)33(20-28-21-46-23-47-28)49-40(55)32(19-27-14-12-11-13-15-27)50-42(57)58-43(7,8)9/h11-17,21-26,31-35,38-39,53-54H,10,18-20,44H2,1-9H3,(H,46,47)(H,48,56)(H,49,55)(H,50,57)/t26-,31-,32-,33-,34-,35-,38+,39+/m0/s1. The second-order valence-corrected chi connectivity index (χ2v) is 16.8. The molecule has 3 rings (SSSR count). The smallest absolute Gasteiger partial charge is 0.408 e. The summed E-state index contributed by atoms with van der Waals surface area (Å²) >= 11 is 0. The SMILES string of the molecule is CC[C@H](C)[C@H](N)C(=O)c1cnccc1C(=O)[C@H](C(C)C)[C@@H](O)[C@H](O)[C@H](CC(C)C)NC(=O)[C@H](Cc1cnc[nH]1)NC(=O)[C@H](Cc1ccccc1)NC(=O)OC(C)(C)C. The minimum atomic E-state index is -1.69. The molecule has 0 bridgehead atoms. The zero-order valence-corrected chi connectivity index (χ0v) is 35.2. The first kappa shape index (κ1) is 47.4. The lowest BCUT2D eigenvalue weighted by Gasteiger charge is -2.35. The Labute approximate surface area is 341 Å². The highest BCUT2D eigenvalue weighted by molar-refractivity contribution is 6.11. The van der Waals surface area contributed by atoms with E-state index in [2.05, 4.69) is 30.9 Å². The number of alkyl carbamates (subject to hydrolysis) is 1. The Hall–Kier alpha value is -4.99. The van der Waals surface area contributed by atoms with Gasteiger partial charge in [0, 0.05) is 48.3 Å². The molecule has 8 N–H and O–H groups in total. The number of ketones is 2. The average Bonchev–Trinajstić information content (AvgIpc) is 3.68. The van der Waals surface area contributed by atoms with Crippen LogP contribution in [0.3, 0.4) is 0 Å². The average molecular weight is 806 g/mol. The molecular weight excluding hydrogens is 743 g/mol. The number of aliphatic hydroxyl groups excluding tert-OH is 2. The number of rotatable bonds is 21. The molecule has 0 unspecified atom stereocenters. The quantitative estimate of drug-likeness (QED) is 0.0762. The van der Waals surface area contributed by atoms with E-state index in [1.165, 1.54) is 31.0 Å². The molecule has 58 heavy (non-hydrogen) atoms. The fourth-order valence-corrected chi connectivity index (χ4v) is 6.66. The van der Waals surface area contributed by atoms with Gasteiger partial charge < -0.3 is 41.6 Å². The fourth-order valence-electron chi connectivity index (χ4n) is 6.66. The van der Waals surface area contributed by atoms with E-state index in [1.807, 2.05) is 33.8 Å². The highest BCUT2D eigenvalue weighted by Gasteiger charge is 2.41. The first-order valence-corrected chi connectivity index (χ1v) is 20.0. The number of hydrogen-bond acceptors (Lipinski definition) is 11. The molecule has 0 aliphatic carbocycles. The van der Waals surface area contributed by atoms with E-state index in [0.29, 0.717) is 12.1 Å². The summed E-state index contributed by atoms with van der Waals surface area (Å²) < 4.78 is 5.43. The van der Waals surface area contributed by atoms with Crippen LogP contribution in [0.5, 0.6) is 0 Å². The van der Waals surface area contributed by atoms with Gasteiger partial charge in [-0.05, 0) is 56.6 Å². The molecule has 2 aromatic heterocycles. The molecule has 0 fully saturated rings. The molecule has 0 radical (unpaired) electrons.